The zero-order chi connectivity index (χ0) is 6.24. The van der Waals surface area contributed by atoms with Gasteiger partial charge in [0.05, 0.1) is 11.5 Å². The van der Waals surface area contributed by atoms with Crippen LogP contribution >= 0.6 is 21.6 Å². The molecule has 0 amide bonds. The molecule has 0 aliphatic rings. The summed E-state index contributed by atoms with van der Waals surface area (Å²) >= 11 is 0. The smallest absolute Gasteiger partial charge is 0.0649 e. The van der Waals surface area contributed by atoms with Crippen molar-refractivity contribution in [2.24, 2.45) is 0 Å². The van der Waals surface area contributed by atoms with Crippen LogP contribution in [0.25, 0.3) is 0 Å². The minimum Gasteiger partial charge on any atom is -0.119 e. The van der Waals surface area contributed by atoms with Crippen LogP contribution in [0.3, 0.4) is 0 Å². The van der Waals surface area contributed by atoms with Crippen LogP contribution < -0.4 is 0 Å². The second-order valence-corrected chi connectivity index (χ2v) is 3.40. The predicted octanol–water partition coefficient (Wildman–Crippen LogP) is 1.63. The fourth-order valence-electron chi connectivity index (χ4n) is 0.151. The van der Waals surface area contributed by atoms with Crippen LogP contribution in [0.2, 0.25) is 0 Å². The van der Waals surface area contributed by atoms with E-state index in [4.69, 9.17) is 12.8 Å². The first-order valence-electron chi connectivity index (χ1n) is 2.03. The van der Waals surface area contributed by atoms with Crippen LogP contribution in [0.15, 0.2) is 0 Å². The molecule has 0 nitrogen and oxygen atoms in total. The molecule has 0 aliphatic carbocycles. The Morgan fingerprint density at radius 1 is 1.00 bits per heavy atom. The number of hydrogen-bond acceptors (Lipinski definition) is 2. The van der Waals surface area contributed by atoms with E-state index in [0.717, 1.165) is 11.5 Å². The van der Waals surface area contributed by atoms with E-state index in [-0.39, 0.29) is 0 Å². The van der Waals surface area contributed by atoms with Gasteiger partial charge in [-0.15, -0.1) is 12.8 Å². The Kier molecular flexibility index (Phi) is 6.67. The van der Waals surface area contributed by atoms with Gasteiger partial charge in [-0.25, -0.2) is 0 Å². The van der Waals surface area contributed by atoms with E-state index in [1.807, 2.05) is 0 Å². The van der Waals surface area contributed by atoms with Crippen molar-refractivity contribution in [3.8, 4) is 24.7 Å². The van der Waals surface area contributed by atoms with Crippen molar-refractivity contribution >= 4 is 21.6 Å². The highest BCUT2D eigenvalue weighted by Crippen LogP contribution is 2.18. The van der Waals surface area contributed by atoms with Gasteiger partial charge in [0.2, 0.25) is 0 Å². The summed E-state index contributed by atoms with van der Waals surface area (Å²) < 4.78 is 0. The maximum atomic E-state index is 4.97. The minimum atomic E-state index is 0.742. The van der Waals surface area contributed by atoms with Gasteiger partial charge in [0.15, 0.2) is 0 Å². The van der Waals surface area contributed by atoms with Crippen LogP contribution in [0.5, 0.6) is 0 Å². The molecule has 8 heavy (non-hydrogen) atoms. The maximum absolute atomic E-state index is 4.97. The Hall–Kier alpha value is -0.180. The molecule has 0 heterocycles. The molecule has 0 fully saturated rings. The molecule has 0 N–H and O–H groups in total. The van der Waals surface area contributed by atoms with Crippen LogP contribution in [-0.2, 0) is 0 Å². The summed E-state index contributed by atoms with van der Waals surface area (Å²) in [7, 11) is 3.23. The summed E-state index contributed by atoms with van der Waals surface area (Å²) in [4.78, 5) is 0. The highest BCUT2D eigenvalue weighted by Gasteiger charge is 1.80. The lowest BCUT2D eigenvalue weighted by atomic mass is 10.8. The monoisotopic (exact) mass is 142 g/mol. The molecule has 42 valence electrons. The van der Waals surface area contributed by atoms with E-state index in [9.17, 15) is 0 Å². The second kappa shape index (κ2) is 6.82. The molecule has 0 aromatic carbocycles. The number of hydrogen-bond donors (Lipinski definition) is 0. The van der Waals surface area contributed by atoms with Crippen molar-refractivity contribution in [2.75, 3.05) is 11.5 Å². The zero-order valence-electron chi connectivity index (χ0n) is 4.39. The van der Waals surface area contributed by atoms with Gasteiger partial charge >= 0.3 is 0 Å². The third-order valence-electron chi connectivity index (χ3n) is 0.368. The van der Waals surface area contributed by atoms with Crippen molar-refractivity contribution in [3.63, 3.8) is 0 Å². The lowest BCUT2D eigenvalue weighted by Crippen LogP contribution is -1.66. The van der Waals surface area contributed by atoms with E-state index in [2.05, 4.69) is 11.8 Å². The van der Waals surface area contributed by atoms with Crippen LogP contribution in [-0.4, -0.2) is 11.5 Å². The standard InChI is InChI=1S/C6H6S2/c1-3-5-7-8-6-4-2/h1-2H,5-6H2. The molecule has 0 aromatic heterocycles. The summed E-state index contributed by atoms with van der Waals surface area (Å²) in [6.45, 7) is 0. The van der Waals surface area contributed by atoms with E-state index in [1.54, 1.807) is 21.6 Å². The molecule has 0 aliphatic heterocycles. The Labute approximate surface area is 58.2 Å². The van der Waals surface area contributed by atoms with Crippen LogP contribution in [0, 0.1) is 24.7 Å². The average Bonchev–Trinajstić information content (AvgIpc) is 1.81. The first-order valence-corrected chi connectivity index (χ1v) is 4.52. The summed E-state index contributed by atoms with van der Waals surface area (Å²) in [5.74, 6) is 6.49. The average molecular weight is 142 g/mol. The molecule has 0 saturated carbocycles. The summed E-state index contributed by atoms with van der Waals surface area (Å²) in [5, 5.41) is 0. The molecule has 0 spiro atoms. The zero-order valence-corrected chi connectivity index (χ0v) is 6.02. The Morgan fingerprint density at radius 3 is 1.62 bits per heavy atom. The molecule has 0 radical (unpaired) electrons. The summed E-state index contributed by atoms with van der Waals surface area (Å²) in [6, 6.07) is 0. The van der Waals surface area contributed by atoms with E-state index in [1.165, 1.54) is 0 Å². The van der Waals surface area contributed by atoms with Gasteiger partial charge in [0, 0.05) is 0 Å². The molecule has 0 aromatic rings. The Bertz CT molecular complexity index is 99.5. The largest absolute Gasteiger partial charge is 0.119 e. The van der Waals surface area contributed by atoms with Crippen LogP contribution in [0.1, 0.15) is 0 Å². The van der Waals surface area contributed by atoms with Crippen molar-refractivity contribution < 1.29 is 0 Å². The van der Waals surface area contributed by atoms with Gasteiger partial charge in [0.25, 0.3) is 0 Å². The Morgan fingerprint density at radius 2 is 1.38 bits per heavy atom. The predicted molar refractivity (Wildman–Crippen MR) is 42.6 cm³/mol. The summed E-state index contributed by atoms with van der Waals surface area (Å²) in [6.07, 6.45) is 9.95. The molecule has 0 unspecified atom stereocenters. The van der Waals surface area contributed by atoms with E-state index >= 15 is 0 Å². The highest BCUT2D eigenvalue weighted by molar-refractivity contribution is 8.76. The summed E-state index contributed by atoms with van der Waals surface area (Å²) in [5.41, 5.74) is 0. The third kappa shape index (κ3) is 5.82. The van der Waals surface area contributed by atoms with Crippen molar-refractivity contribution in [3.05, 3.63) is 0 Å². The fourth-order valence-corrected chi connectivity index (χ4v) is 1.36. The minimum absolute atomic E-state index is 0.742. The molecular formula is C6H6S2. The van der Waals surface area contributed by atoms with E-state index < -0.39 is 0 Å². The molecule has 0 atom stereocenters. The lowest BCUT2D eigenvalue weighted by Gasteiger charge is -1.86. The third-order valence-corrected chi connectivity index (χ3v) is 2.31. The van der Waals surface area contributed by atoms with Gasteiger partial charge in [0.1, 0.15) is 0 Å². The van der Waals surface area contributed by atoms with Gasteiger partial charge in [-0.2, -0.15) is 0 Å². The van der Waals surface area contributed by atoms with Gasteiger partial charge < -0.3 is 0 Å². The lowest BCUT2D eigenvalue weighted by molar-refractivity contribution is 1.97. The van der Waals surface area contributed by atoms with Crippen molar-refractivity contribution in [1.82, 2.24) is 0 Å². The fraction of sp³-hybridized carbons (Fsp3) is 0.333. The Balaban J connectivity index is 2.77. The van der Waals surface area contributed by atoms with Crippen LogP contribution in [0.4, 0.5) is 0 Å². The molecule has 0 saturated heterocycles. The topological polar surface area (TPSA) is 0 Å². The van der Waals surface area contributed by atoms with Gasteiger partial charge in [-0.1, -0.05) is 33.4 Å². The first kappa shape index (κ1) is 7.82. The highest BCUT2D eigenvalue weighted by atomic mass is 33.1. The first-order chi connectivity index (χ1) is 3.91. The normalized spacial score (nSPS) is 7.25. The van der Waals surface area contributed by atoms with Gasteiger partial charge in [-0.3, -0.25) is 0 Å². The maximum Gasteiger partial charge on any atom is 0.0649 e. The molecule has 0 bridgehead atoms. The number of rotatable bonds is 3. The quantitative estimate of drug-likeness (QED) is 0.334. The van der Waals surface area contributed by atoms with E-state index in [0.29, 0.717) is 0 Å². The molecular weight excluding hydrogens is 136 g/mol. The van der Waals surface area contributed by atoms with Crippen molar-refractivity contribution in [1.29, 1.82) is 0 Å². The molecule has 0 rings (SSSR count). The molecule has 2 heteroatoms. The van der Waals surface area contributed by atoms with Gasteiger partial charge in [-0.05, 0) is 0 Å². The second-order valence-electron chi connectivity index (χ2n) is 0.933. The SMILES string of the molecule is C#CCSSCC#C. The number of terminal acetylenes is 2. The van der Waals surface area contributed by atoms with Crippen molar-refractivity contribution in [2.45, 2.75) is 0 Å².